The smallest absolute Gasteiger partial charge is 0.142 e. The zero-order valence-electron chi connectivity index (χ0n) is 9.29. The van der Waals surface area contributed by atoms with Gasteiger partial charge < -0.3 is 10.5 Å². The van der Waals surface area contributed by atoms with Crippen LogP contribution in [-0.4, -0.2) is 0 Å². The van der Waals surface area contributed by atoms with Crippen molar-refractivity contribution in [3.8, 4) is 5.75 Å². The average Bonchev–Trinajstić information content (AvgIpc) is 2.35. The number of benzene rings is 2. The Morgan fingerprint density at radius 1 is 1.06 bits per heavy atom. The van der Waals surface area contributed by atoms with Gasteiger partial charge in [-0.1, -0.05) is 29.3 Å². The van der Waals surface area contributed by atoms with Crippen molar-refractivity contribution in [3.05, 3.63) is 57.8 Å². The van der Waals surface area contributed by atoms with E-state index in [1.54, 1.807) is 12.1 Å². The molecule has 0 aliphatic rings. The number of rotatable bonds is 3. The van der Waals surface area contributed by atoms with E-state index < -0.39 is 5.82 Å². The molecular weight excluding hydrogens is 276 g/mol. The summed E-state index contributed by atoms with van der Waals surface area (Å²) in [6.45, 7) is 0.309. The molecule has 0 radical (unpaired) electrons. The third-order valence-electron chi connectivity index (χ3n) is 2.36. The van der Waals surface area contributed by atoms with Gasteiger partial charge in [-0.15, -0.1) is 0 Å². The molecule has 0 aromatic heterocycles. The zero-order chi connectivity index (χ0) is 13.1. The molecule has 2 aromatic rings. The molecule has 5 heteroatoms. The Labute approximate surface area is 114 Å². The van der Waals surface area contributed by atoms with E-state index in [0.717, 1.165) is 5.56 Å². The Bertz CT molecular complexity index is 523. The molecule has 2 nitrogen and oxygen atoms in total. The molecule has 0 bridgehead atoms. The highest BCUT2D eigenvalue weighted by Gasteiger charge is 2.03. The van der Waals surface area contributed by atoms with Crippen molar-refractivity contribution in [2.45, 2.75) is 6.61 Å². The average molecular weight is 286 g/mol. The number of anilines is 1. The van der Waals surface area contributed by atoms with Crippen LogP contribution in [0.1, 0.15) is 5.56 Å². The number of hydrogen-bond donors (Lipinski definition) is 1. The summed E-state index contributed by atoms with van der Waals surface area (Å²) in [6, 6.07) is 9.44. The van der Waals surface area contributed by atoms with Gasteiger partial charge in [0.15, 0.2) is 0 Å². The van der Waals surface area contributed by atoms with E-state index in [-0.39, 0.29) is 5.02 Å². The molecule has 0 unspecified atom stereocenters. The minimum atomic E-state index is -0.472. The van der Waals surface area contributed by atoms with Gasteiger partial charge in [0, 0.05) is 6.07 Å². The number of nitrogens with two attached hydrogens (primary N) is 1. The predicted octanol–water partition coefficient (Wildman–Crippen LogP) is 4.29. The number of ether oxygens (including phenoxy) is 1. The van der Waals surface area contributed by atoms with Crippen LogP contribution in [-0.2, 0) is 6.61 Å². The van der Waals surface area contributed by atoms with Gasteiger partial charge in [-0.05, 0) is 29.8 Å². The standard InChI is InChI=1S/C13H10Cl2FNO/c14-10-3-1-8(5-13(10)17)7-18-9-2-4-12(16)11(15)6-9/h1-6H,7,17H2. The molecule has 0 spiro atoms. The normalized spacial score (nSPS) is 10.4. The first kappa shape index (κ1) is 13.0. The maximum absolute atomic E-state index is 12.9. The molecule has 0 atom stereocenters. The Hall–Kier alpha value is -1.45. The summed E-state index contributed by atoms with van der Waals surface area (Å²) in [6.07, 6.45) is 0. The van der Waals surface area contributed by atoms with Gasteiger partial charge in [-0.3, -0.25) is 0 Å². The molecule has 2 rings (SSSR count). The first-order valence-electron chi connectivity index (χ1n) is 5.18. The summed E-state index contributed by atoms with van der Waals surface area (Å²) in [5.41, 5.74) is 7.04. The monoisotopic (exact) mass is 285 g/mol. The Kier molecular flexibility index (Phi) is 3.94. The molecule has 2 N–H and O–H groups in total. The van der Waals surface area contributed by atoms with E-state index >= 15 is 0 Å². The SMILES string of the molecule is Nc1cc(COc2ccc(F)c(Cl)c2)ccc1Cl. The van der Waals surface area contributed by atoms with E-state index in [1.165, 1.54) is 18.2 Å². The summed E-state index contributed by atoms with van der Waals surface area (Å²) in [5, 5.41) is 0.534. The van der Waals surface area contributed by atoms with Crippen molar-refractivity contribution >= 4 is 28.9 Å². The fourth-order valence-corrected chi connectivity index (χ4v) is 1.70. The fourth-order valence-electron chi connectivity index (χ4n) is 1.42. The lowest BCUT2D eigenvalue weighted by Crippen LogP contribution is -1.97. The second-order valence-corrected chi connectivity index (χ2v) is 4.53. The number of hydrogen-bond acceptors (Lipinski definition) is 2. The second kappa shape index (κ2) is 5.46. The van der Waals surface area contributed by atoms with Crippen LogP contribution in [0, 0.1) is 5.82 Å². The Balaban J connectivity index is 2.06. The summed E-state index contributed by atoms with van der Waals surface area (Å²) >= 11 is 11.5. The maximum Gasteiger partial charge on any atom is 0.142 e. The summed E-state index contributed by atoms with van der Waals surface area (Å²) < 4.78 is 18.4. The molecule has 0 saturated carbocycles. The van der Waals surface area contributed by atoms with E-state index in [1.807, 2.05) is 6.07 Å². The largest absolute Gasteiger partial charge is 0.489 e. The molecule has 0 aliphatic carbocycles. The van der Waals surface area contributed by atoms with Gasteiger partial charge in [0.1, 0.15) is 18.2 Å². The molecule has 0 aliphatic heterocycles. The van der Waals surface area contributed by atoms with Gasteiger partial charge in [-0.25, -0.2) is 4.39 Å². The number of nitrogen functional groups attached to an aromatic ring is 1. The van der Waals surface area contributed by atoms with Crippen LogP contribution in [0.2, 0.25) is 10.0 Å². The van der Waals surface area contributed by atoms with Crippen molar-refractivity contribution in [1.29, 1.82) is 0 Å². The third-order valence-corrected chi connectivity index (χ3v) is 2.99. The molecule has 0 saturated heterocycles. The molecular formula is C13H10Cl2FNO. The molecule has 94 valence electrons. The van der Waals surface area contributed by atoms with Crippen molar-refractivity contribution < 1.29 is 9.13 Å². The molecule has 0 heterocycles. The highest BCUT2D eigenvalue weighted by molar-refractivity contribution is 6.33. The van der Waals surface area contributed by atoms with Crippen LogP contribution in [0.15, 0.2) is 36.4 Å². The van der Waals surface area contributed by atoms with Crippen molar-refractivity contribution in [3.63, 3.8) is 0 Å². The van der Waals surface area contributed by atoms with Crippen LogP contribution in [0.3, 0.4) is 0 Å². The molecule has 2 aromatic carbocycles. The quantitative estimate of drug-likeness (QED) is 0.854. The topological polar surface area (TPSA) is 35.2 Å². The van der Waals surface area contributed by atoms with Gasteiger partial charge >= 0.3 is 0 Å². The Morgan fingerprint density at radius 3 is 2.50 bits per heavy atom. The molecule has 18 heavy (non-hydrogen) atoms. The summed E-state index contributed by atoms with van der Waals surface area (Å²) in [4.78, 5) is 0. The minimum Gasteiger partial charge on any atom is -0.489 e. The zero-order valence-corrected chi connectivity index (χ0v) is 10.8. The predicted molar refractivity (Wildman–Crippen MR) is 71.6 cm³/mol. The molecule has 0 fully saturated rings. The van der Waals surface area contributed by atoms with Gasteiger partial charge in [0.05, 0.1) is 15.7 Å². The lowest BCUT2D eigenvalue weighted by molar-refractivity contribution is 0.306. The van der Waals surface area contributed by atoms with E-state index in [4.69, 9.17) is 33.7 Å². The first-order chi connectivity index (χ1) is 8.56. The summed E-state index contributed by atoms with van der Waals surface area (Å²) in [5.74, 6) is 0.0228. The van der Waals surface area contributed by atoms with Crippen LogP contribution < -0.4 is 10.5 Å². The highest BCUT2D eigenvalue weighted by atomic mass is 35.5. The maximum atomic E-state index is 12.9. The van der Waals surface area contributed by atoms with E-state index in [9.17, 15) is 4.39 Å². The van der Waals surface area contributed by atoms with Crippen molar-refractivity contribution in [2.24, 2.45) is 0 Å². The van der Waals surface area contributed by atoms with Crippen LogP contribution in [0.5, 0.6) is 5.75 Å². The Morgan fingerprint density at radius 2 is 1.83 bits per heavy atom. The van der Waals surface area contributed by atoms with Crippen LogP contribution in [0.25, 0.3) is 0 Å². The second-order valence-electron chi connectivity index (χ2n) is 3.72. The van der Waals surface area contributed by atoms with Crippen LogP contribution >= 0.6 is 23.2 Å². The lowest BCUT2D eigenvalue weighted by atomic mass is 10.2. The van der Waals surface area contributed by atoms with Crippen LogP contribution in [0.4, 0.5) is 10.1 Å². The third kappa shape index (κ3) is 3.06. The van der Waals surface area contributed by atoms with E-state index in [0.29, 0.717) is 23.1 Å². The van der Waals surface area contributed by atoms with Gasteiger partial charge in [0.2, 0.25) is 0 Å². The summed E-state index contributed by atoms with van der Waals surface area (Å²) in [7, 11) is 0. The fraction of sp³-hybridized carbons (Fsp3) is 0.0769. The highest BCUT2D eigenvalue weighted by Crippen LogP contribution is 2.23. The number of halogens is 3. The van der Waals surface area contributed by atoms with Gasteiger partial charge in [-0.2, -0.15) is 0 Å². The van der Waals surface area contributed by atoms with E-state index in [2.05, 4.69) is 0 Å². The van der Waals surface area contributed by atoms with Crippen molar-refractivity contribution in [1.82, 2.24) is 0 Å². The minimum absolute atomic E-state index is 0.0307. The first-order valence-corrected chi connectivity index (χ1v) is 5.93. The lowest BCUT2D eigenvalue weighted by Gasteiger charge is -2.08. The van der Waals surface area contributed by atoms with Crippen molar-refractivity contribution in [2.75, 3.05) is 5.73 Å². The van der Waals surface area contributed by atoms with Gasteiger partial charge in [0.25, 0.3) is 0 Å². The molecule has 0 amide bonds.